The lowest BCUT2D eigenvalue weighted by Crippen LogP contribution is -2.54. The number of nitro benzene ring substituents is 1. The first-order valence-electron chi connectivity index (χ1n) is 14.8. The molecule has 10 nitrogen and oxygen atoms in total. The Morgan fingerprint density at radius 1 is 0.872 bits per heavy atom. The lowest BCUT2D eigenvalue weighted by molar-refractivity contribution is -0.384. The summed E-state index contributed by atoms with van der Waals surface area (Å²) in [4.78, 5) is 40.6. The molecule has 4 aromatic rings. The number of amides is 2. The van der Waals surface area contributed by atoms with E-state index in [1.54, 1.807) is 24.3 Å². The highest BCUT2D eigenvalue weighted by atomic mass is 35.5. The highest BCUT2D eigenvalue weighted by Crippen LogP contribution is 2.29. The van der Waals surface area contributed by atoms with Gasteiger partial charge in [0.25, 0.3) is 15.7 Å². The molecule has 2 amide bonds. The molecule has 0 bridgehead atoms. The Bertz CT molecular complexity index is 1830. The lowest BCUT2D eigenvalue weighted by atomic mass is 10.0. The summed E-state index contributed by atoms with van der Waals surface area (Å²) in [5.41, 5.74) is 0.881. The predicted octanol–water partition coefficient (Wildman–Crippen LogP) is 6.65. The van der Waals surface area contributed by atoms with Crippen LogP contribution in [0.4, 0.5) is 11.4 Å². The van der Waals surface area contributed by atoms with Crippen LogP contribution in [0.2, 0.25) is 10.0 Å². The molecule has 0 aliphatic rings. The Labute approximate surface area is 284 Å². The molecule has 0 aromatic heterocycles. The topological polar surface area (TPSA) is 130 Å². The number of carbonyl (C=O) groups is 2. The summed E-state index contributed by atoms with van der Waals surface area (Å²) >= 11 is 12.5. The maximum Gasteiger partial charge on any atom is 0.271 e. The van der Waals surface area contributed by atoms with Crippen LogP contribution in [-0.4, -0.2) is 48.7 Å². The number of carbonyl (C=O) groups excluding carboxylic acids is 2. The van der Waals surface area contributed by atoms with Gasteiger partial charge in [0.1, 0.15) is 12.6 Å². The number of nitrogens with one attached hydrogen (secondary N) is 1. The van der Waals surface area contributed by atoms with Gasteiger partial charge in [-0.1, -0.05) is 90.8 Å². The Morgan fingerprint density at radius 2 is 1.53 bits per heavy atom. The molecule has 0 saturated heterocycles. The molecule has 47 heavy (non-hydrogen) atoms. The average Bonchev–Trinajstić information content (AvgIpc) is 3.07. The first-order chi connectivity index (χ1) is 22.4. The van der Waals surface area contributed by atoms with Crippen LogP contribution in [0, 0.1) is 10.1 Å². The fraction of sp³-hybridized carbons (Fsp3) is 0.235. The maximum absolute atomic E-state index is 14.5. The van der Waals surface area contributed by atoms with E-state index in [4.69, 9.17) is 23.2 Å². The molecule has 4 aromatic carbocycles. The van der Waals surface area contributed by atoms with Crippen LogP contribution >= 0.6 is 23.2 Å². The highest BCUT2D eigenvalue weighted by molar-refractivity contribution is 7.92. The van der Waals surface area contributed by atoms with Crippen LogP contribution in [-0.2, 0) is 32.6 Å². The molecular formula is C34H34Cl2N4O6S. The Morgan fingerprint density at radius 3 is 2.15 bits per heavy atom. The van der Waals surface area contributed by atoms with Gasteiger partial charge >= 0.3 is 0 Å². The zero-order valence-corrected chi connectivity index (χ0v) is 28.1. The van der Waals surface area contributed by atoms with Gasteiger partial charge in [0, 0.05) is 31.1 Å². The number of hydrogen-bond acceptors (Lipinski definition) is 6. The van der Waals surface area contributed by atoms with E-state index in [1.807, 2.05) is 44.2 Å². The molecule has 0 aliphatic heterocycles. The number of anilines is 1. The van der Waals surface area contributed by atoms with Crippen LogP contribution in [0.15, 0.2) is 108 Å². The van der Waals surface area contributed by atoms with Crippen molar-refractivity contribution >= 4 is 56.4 Å². The number of nitrogens with zero attached hydrogens (tertiary/aromatic N) is 3. The van der Waals surface area contributed by atoms with Crippen LogP contribution in [0.1, 0.15) is 31.4 Å². The largest absolute Gasteiger partial charge is 0.352 e. The highest BCUT2D eigenvalue weighted by Gasteiger charge is 2.35. The van der Waals surface area contributed by atoms with Gasteiger partial charge in [-0.25, -0.2) is 8.42 Å². The maximum atomic E-state index is 14.5. The summed E-state index contributed by atoms with van der Waals surface area (Å²) < 4.78 is 29.0. The third-order valence-electron chi connectivity index (χ3n) is 7.55. The van der Waals surface area contributed by atoms with E-state index in [1.165, 1.54) is 47.4 Å². The summed E-state index contributed by atoms with van der Waals surface area (Å²) in [7, 11) is -4.41. The lowest BCUT2D eigenvalue weighted by Gasteiger charge is -2.34. The third kappa shape index (κ3) is 9.09. The number of hydrogen-bond donors (Lipinski definition) is 1. The van der Waals surface area contributed by atoms with Gasteiger partial charge in [0.05, 0.1) is 25.6 Å². The van der Waals surface area contributed by atoms with Gasteiger partial charge < -0.3 is 10.2 Å². The van der Waals surface area contributed by atoms with Crippen molar-refractivity contribution in [3.63, 3.8) is 0 Å². The number of non-ortho nitro benzene ring substituents is 1. The minimum absolute atomic E-state index is 0.0884. The van der Waals surface area contributed by atoms with Crippen molar-refractivity contribution in [2.45, 2.75) is 50.2 Å². The molecule has 0 fully saturated rings. The van der Waals surface area contributed by atoms with E-state index in [0.29, 0.717) is 17.0 Å². The molecule has 13 heteroatoms. The monoisotopic (exact) mass is 696 g/mol. The van der Waals surface area contributed by atoms with E-state index in [-0.39, 0.29) is 40.3 Å². The summed E-state index contributed by atoms with van der Waals surface area (Å²) in [6, 6.07) is 25.2. The van der Waals surface area contributed by atoms with Crippen molar-refractivity contribution < 1.29 is 22.9 Å². The normalized spacial score (nSPS) is 12.5. The van der Waals surface area contributed by atoms with Crippen LogP contribution < -0.4 is 9.62 Å². The first kappa shape index (κ1) is 35.4. The molecule has 4 rings (SSSR count). The SMILES string of the molecule is CCC(C)NC(=O)C(Cc1ccccc1)N(Cc1ccc(Cl)c(Cl)c1)C(=O)CN(c1cccc([N+](=O)[O-])c1)S(=O)(=O)c1ccccc1. The fourth-order valence-corrected chi connectivity index (χ4v) is 6.59. The smallest absolute Gasteiger partial charge is 0.271 e. The Hall–Kier alpha value is -4.45. The summed E-state index contributed by atoms with van der Waals surface area (Å²) in [5.74, 6) is -1.15. The third-order valence-corrected chi connectivity index (χ3v) is 10.1. The van der Waals surface area contributed by atoms with Crippen LogP contribution in [0.3, 0.4) is 0 Å². The first-order valence-corrected chi connectivity index (χ1v) is 17.0. The second-order valence-corrected chi connectivity index (χ2v) is 13.6. The van der Waals surface area contributed by atoms with Crippen molar-refractivity contribution in [3.8, 4) is 0 Å². The van der Waals surface area contributed by atoms with E-state index < -0.39 is 39.3 Å². The van der Waals surface area contributed by atoms with Crippen molar-refractivity contribution in [3.05, 3.63) is 134 Å². The molecular weight excluding hydrogens is 663 g/mol. The van der Waals surface area contributed by atoms with Gasteiger partial charge in [-0.3, -0.25) is 24.0 Å². The Balaban J connectivity index is 1.84. The van der Waals surface area contributed by atoms with E-state index >= 15 is 0 Å². The summed E-state index contributed by atoms with van der Waals surface area (Å²) in [6.07, 6.45) is 0.763. The molecule has 0 spiro atoms. The van der Waals surface area contributed by atoms with Crippen molar-refractivity contribution in [1.29, 1.82) is 0 Å². The van der Waals surface area contributed by atoms with E-state index in [2.05, 4.69) is 5.32 Å². The van der Waals surface area contributed by atoms with E-state index in [9.17, 15) is 28.1 Å². The zero-order chi connectivity index (χ0) is 34.1. The minimum Gasteiger partial charge on any atom is -0.352 e. The molecule has 2 atom stereocenters. The molecule has 0 heterocycles. The van der Waals surface area contributed by atoms with Crippen LogP contribution in [0.25, 0.3) is 0 Å². The summed E-state index contributed by atoms with van der Waals surface area (Å²) in [6.45, 7) is 2.89. The predicted molar refractivity (Wildman–Crippen MR) is 183 cm³/mol. The molecule has 2 unspecified atom stereocenters. The fourth-order valence-electron chi connectivity index (χ4n) is 4.84. The quantitative estimate of drug-likeness (QED) is 0.116. The van der Waals surface area contributed by atoms with Gasteiger partial charge in [0.2, 0.25) is 11.8 Å². The van der Waals surface area contributed by atoms with Gasteiger partial charge in [-0.15, -0.1) is 0 Å². The standard InChI is InChI=1S/C34H34Cl2N4O6S/c1-3-24(2)37-34(42)32(20-25-11-6-4-7-12-25)38(22-26-17-18-30(35)31(36)19-26)33(41)23-39(27-13-10-14-28(21-27)40(43)44)47(45,46)29-15-8-5-9-16-29/h4-19,21,24,32H,3,20,22-23H2,1-2H3,(H,37,42). The minimum atomic E-state index is -4.41. The molecule has 0 saturated carbocycles. The Kier molecular flexibility index (Phi) is 12.0. The summed E-state index contributed by atoms with van der Waals surface area (Å²) in [5, 5.41) is 15.1. The van der Waals surface area contributed by atoms with Gasteiger partial charge in [-0.05, 0) is 54.8 Å². The molecule has 0 aliphatic carbocycles. The molecule has 1 N–H and O–H groups in total. The number of benzene rings is 4. The van der Waals surface area contributed by atoms with Crippen molar-refractivity contribution in [2.75, 3.05) is 10.8 Å². The number of nitro groups is 1. The average molecular weight is 698 g/mol. The molecule has 0 radical (unpaired) electrons. The number of sulfonamides is 1. The molecule has 246 valence electrons. The second kappa shape index (κ2) is 15.9. The van der Waals surface area contributed by atoms with E-state index in [0.717, 1.165) is 15.9 Å². The van der Waals surface area contributed by atoms with Crippen molar-refractivity contribution in [1.82, 2.24) is 10.2 Å². The zero-order valence-electron chi connectivity index (χ0n) is 25.8. The van der Waals surface area contributed by atoms with Gasteiger partial charge in [-0.2, -0.15) is 0 Å². The number of halogens is 2. The second-order valence-electron chi connectivity index (χ2n) is 10.9. The van der Waals surface area contributed by atoms with Gasteiger partial charge in [0.15, 0.2) is 0 Å². The van der Waals surface area contributed by atoms with Crippen LogP contribution in [0.5, 0.6) is 0 Å². The number of rotatable bonds is 14. The van der Waals surface area contributed by atoms with Crippen molar-refractivity contribution in [2.24, 2.45) is 0 Å².